The van der Waals surface area contributed by atoms with Gasteiger partial charge in [-0.3, -0.25) is 0 Å². The van der Waals surface area contributed by atoms with Gasteiger partial charge in [-0.25, -0.2) is 0 Å². The van der Waals surface area contributed by atoms with E-state index >= 15 is 0 Å². The van der Waals surface area contributed by atoms with E-state index in [1.54, 1.807) is 0 Å². The summed E-state index contributed by atoms with van der Waals surface area (Å²) < 4.78 is 0. The van der Waals surface area contributed by atoms with E-state index in [1.807, 2.05) is 60.7 Å². The molecule has 6 rings (SSSR count). The zero-order valence-corrected chi connectivity index (χ0v) is 24.2. The Kier molecular flexibility index (Phi) is 21.2. The van der Waals surface area contributed by atoms with Crippen molar-refractivity contribution in [2.75, 3.05) is 0 Å². The molecule has 176 valence electrons. The second kappa shape index (κ2) is 21.3. The van der Waals surface area contributed by atoms with Crippen molar-refractivity contribution in [2.24, 2.45) is 0 Å². The smallest absolute Gasteiger partial charge is 0 e. The average Bonchev–Trinajstić information content (AvgIpc) is 3.52. The normalized spacial score (nSPS) is 8.24. The molecule has 0 saturated heterocycles. The van der Waals surface area contributed by atoms with Crippen LogP contribution in [-0.2, 0) is 26.2 Å². The number of fused-ring (bicyclic) bond motifs is 2. The molecule has 0 fully saturated rings. The van der Waals surface area contributed by atoms with Gasteiger partial charge in [-0.1, -0.05) is 12.1 Å². The fraction of sp³-hybridized carbons (Fsp3) is 0. The van der Waals surface area contributed by atoms with E-state index in [0.29, 0.717) is 0 Å². The van der Waals surface area contributed by atoms with E-state index < -0.39 is 0 Å². The summed E-state index contributed by atoms with van der Waals surface area (Å²) >= 11 is 0. The predicted octanol–water partition coefficient (Wildman–Crippen LogP) is 9.54. The molecular formula is C31H29BrClZr-5. The maximum Gasteiger partial charge on any atom is 0 e. The van der Waals surface area contributed by atoms with Gasteiger partial charge < -0.3 is 7.43 Å². The second-order valence-electron chi connectivity index (χ2n) is 6.46. The Labute approximate surface area is 240 Å². The molecule has 0 heterocycles. The first-order valence-corrected chi connectivity index (χ1v) is 9.96. The first-order valence-electron chi connectivity index (χ1n) is 9.96. The molecule has 0 atom stereocenters. The van der Waals surface area contributed by atoms with Gasteiger partial charge in [-0.2, -0.15) is 108 Å². The van der Waals surface area contributed by atoms with Crippen molar-refractivity contribution in [3.05, 3.63) is 165 Å². The van der Waals surface area contributed by atoms with Gasteiger partial charge in [0, 0.05) is 26.2 Å². The van der Waals surface area contributed by atoms with Crippen molar-refractivity contribution in [1.29, 1.82) is 0 Å². The van der Waals surface area contributed by atoms with Crippen molar-refractivity contribution >= 4 is 50.9 Å². The minimum atomic E-state index is 0. The molecule has 6 aromatic rings. The fourth-order valence-corrected chi connectivity index (χ4v) is 2.82. The van der Waals surface area contributed by atoms with Crippen molar-refractivity contribution < 1.29 is 26.2 Å². The zero-order valence-electron chi connectivity index (χ0n) is 19.2. The molecule has 0 aliphatic heterocycles. The standard InChI is InChI=1S/2C9H7.2C6H5.CH3.BrH.ClH.Zr/c2*1-2-5-9-7-3-6-8(9)4-1;2*1-2-4-6-5-3-1;;;;/h2*1-7H;2*1-5H;1H3;2*1H;/q5*-1;;;. The molecular weight excluding hydrogens is 579 g/mol. The molecule has 0 radical (unpaired) electrons. The monoisotopic (exact) mass is 605 g/mol. The molecule has 0 aliphatic carbocycles. The van der Waals surface area contributed by atoms with Crippen LogP contribution in [0.25, 0.3) is 21.5 Å². The Morgan fingerprint density at radius 2 is 0.824 bits per heavy atom. The summed E-state index contributed by atoms with van der Waals surface area (Å²) in [6.07, 6.45) is 0. The van der Waals surface area contributed by atoms with Crippen LogP contribution in [-0.4, -0.2) is 0 Å². The van der Waals surface area contributed by atoms with Crippen LogP contribution in [0.3, 0.4) is 0 Å². The van der Waals surface area contributed by atoms with E-state index in [9.17, 15) is 0 Å². The number of hydrogen-bond acceptors (Lipinski definition) is 0. The van der Waals surface area contributed by atoms with E-state index in [1.165, 1.54) is 21.5 Å². The fourth-order valence-electron chi connectivity index (χ4n) is 2.82. The quantitative estimate of drug-likeness (QED) is 0.151. The van der Waals surface area contributed by atoms with Gasteiger partial charge in [0.05, 0.1) is 0 Å². The molecule has 0 saturated carbocycles. The van der Waals surface area contributed by atoms with E-state index in [0.717, 1.165) is 0 Å². The third-order valence-corrected chi connectivity index (χ3v) is 4.31. The van der Waals surface area contributed by atoms with Crippen LogP contribution >= 0.6 is 29.4 Å². The van der Waals surface area contributed by atoms with E-state index in [-0.39, 0.29) is 63.0 Å². The molecule has 0 unspecified atom stereocenters. The molecule has 0 nitrogen and oxygen atoms in total. The maximum absolute atomic E-state index is 2.89. The topological polar surface area (TPSA) is 0 Å². The van der Waals surface area contributed by atoms with Crippen LogP contribution < -0.4 is 0 Å². The van der Waals surface area contributed by atoms with Crippen LogP contribution in [0.15, 0.2) is 146 Å². The molecule has 0 aliphatic rings. The van der Waals surface area contributed by atoms with Crippen LogP contribution in [0, 0.1) is 19.6 Å². The van der Waals surface area contributed by atoms with Gasteiger partial charge in [0.25, 0.3) is 0 Å². The molecule has 0 bridgehead atoms. The molecule has 3 heteroatoms. The Morgan fingerprint density at radius 1 is 0.471 bits per heavy atom. The van der Waals surface area contributed by atoms with Crippen LogP contribution in [0.4, 0.5) is 0 Å². The van der Waals surface area contributed by atoms with Crippen molar-refractivity contribution in [3.8, 4) is 0 Å². The Morgan fingerprint density at radius 3 is 1.09 bits per heavy atom. The summed E-state index contributed by atoms with van der Waals surface area (Å²) in [7, 11) is 0. The summed E-state index contributed by atoms with van der Waals surface area (Å²) in [5, 5.41) is 5.32. The van der Waals surface area contributed by atoms with Gasteiger partial charge in [-0.15, -0.1) is 88.7 Å². The Balaban J connectivity index is 0. The van der Waals surface area contributed by atoms with Crippen LogP contribution in [0.5, 0.6) is 0 Å². The molecule has 0 aromatic heterocycles. The summed E-state index contributed by atoms with van der Waals surface area (Å²) in [4.78, 5) is 0. The largest absolute Gasteiger partial charge is 0.358 e. The minimum Gasteiger partial charge on any atom is -0.358 e. The van der Waals surface area contributed by atoms with Gasteiger partial charge in [0.2, 0.25) is 0 Å². The first-order chi connectivity index (χ1) is 14.9. The number of rotatable bonds is 0. The van der Waals surface area contributed by atoms with Crippen molar-refractivity contribution in [3.63, 3.8) is 0 Å². The number of halogens is 2. The number of hydrogen-bond donors (Lipinski definition) is 0. The Bertz CT molecular complexity index is 986. The van der Waals surface area contributed by atoms with Crippen molar-refractivity contribution in [1.82, 2.24) is 0 Å². The zero-order chi connectivity index (χ0) is 20.7. The van der Waals surface area contributed by atoms with Crippen LogP contribution in [0.2, 0.25) is 0 Å². The molecule has 0 amide bonds. The molecule has 34 heavy (non-hydrogen) atoms. The summed E-state index contributed by atoms with van der Waals surface area (Å²) in [6.45, 7) is 0. The summed E-state index contributed by atoms with van der Waals surface area (Å²) in [6, 6.07) is 54.3. The SMILES string of the molecule is Br.Cl.[CH3-].[Zr].[c-]1ccccc1.[c-]1ccccc1.c1ccc2[cH-]ccc2c1.c1ccc2[cH-]ccc2c1. The summed E-state index contributed by atoms with van der Waals surface area (Å²) in [5.41, 5.74) is 0. The number of benzene rings is 4. The minimum absolute atomic E-state index is 0. The van der Waals surface area contributed by atoms with Gasteiger partial charge in [-0.05, 0) is 0 Å². The maximum atomic E-state index is 2.89. The third-order valence-electron chi connectivity index (χ3n) is 4.31. The average molecular weight is 608 g/mol. The molecule has 0 spiro atoms. The Hall–Kier alpha value is -2.25. The molecule has 6 aromatic carbocycles. The van der Waals surface area contributed by atoms with Gasteiger partial charge in [0.15, 0.2) is 0 Å². The van der Waals surface area contributed by atoms with Gasteiger partial charge in [0.1, 0.15) is 0 Å². The first kappa shape index (κ1) is 33.9. The predicted molar refractivity (Wildman–Crippen MR) is 154 cm³/mol. The second-order valence-corrected chi connectivity index (χ2v) is 6.46. The van der Waals surface area contributed by atoms with Crippen LogP contribution in [0.1, 0.15) is 0 Å². The van der Waals surface area contributed by atoms with Gasteiger partial charge >= 0.3 is 0 Å². The van der Waals surface area contributed by atoms with Crippen molar-refractivity contribution in [2.45, 2.75) is 0 Å². The van der Waals surface area contributed by atoms with E-state index in [4.69, 9.17) is 0 Å². The van der Waals surface area contributed by atoms with E-state index in [2.05, 4.69) is 97.1 Å². The third kappa shape index (κ3) is 12.8. The summed E-state index contributed by atoms with van der Waals surface area (Å²) in [5.74, 6) is 0. The molecule has 0 N–H and O–H groups in total.